The zero-order chi connectivity index (χ0) is 17.9. The maximum atomic E-state index is 12.8. The highest BCUT2D eigenvalue weighted by Crippen LogP contribution is 2.40. The Morgan fingerprint density at radius 2 is 2.04 bits per heavy atom. The Bertz CT molecular complexity index is 596. The molecule has 2 aliphatic rings. The van der Waals surface area contributed by atoms with Crippen molar-refractivity contribution >= 4 is 5.91 Å². The summed E-state index contributed by atoms with van der Waals surface area (Å²) in [5.74, 6) is 0.880. The second kappa shape index (κ2) is 7.75. The van der Waals surface area contributed by atoms with Crippen LogP contribution in [0.4, 0.5) is 0 Å². The SMILES string of the molecule is CCOc1cccc(C(=O)N2CCC3(CCC(COC)N3C)CC2)c1. The molecule has 138 valence electrons. The molecule has 1 amide bonds. The van der Waals surface area contributed by atoms with Crippen LogP contribution in [0.15, 0.2) is 24.3 Å². The van der Waals surface area contributed by atoms with Crippen LogP contribution in [0.1, 0.15) is 43.0 Å². The maximum Gasteiger partial charge on any atom is 0.253 e. The standard InChI is InChI=1S/C20H30N2O3/c1-4-25-18-7-5-6-16(14-18)19(23)22-12-10-20(11-13-22)9-8-17(15-24-3)21(20)2/h5-7,14,17H,4,8-13,15H2,1-3H3. The Morgan fingerprint density at radius 1 is 1.28 bits per heavy atom. The van der Waals surface area contributed by atoms with E-state index in [9.17, 15) is 4.79 Å². The van der Waals surface area contributed by atoms with Crippen LogP contribution in [0.25, 0.3) is 0 Å². The normalized spacial score (nSPS) is 23.2. The average molecular weight is 346 g/mol. The van der Waals surface area contributed by atoms with Gasteiger partial charge < -0.3 is 14.4 Å². The molecule has 0 radical (unpaired) electrons. The lowest BCUT2D eigenvalue weighted by molar-refractivity contribution is 0.0273. The topological polar surface area (TPSA) is 42.0 Å². The lowest BCUT2D eigenvalue weighted by Crippen LogP contribution is -2.54. The van der Waals surface area contributed by atoms with E-state index in [1.807, 2.05) is 36.1 Å². The van der Waals surface area contributed by atoms with Crippen molar-refractivity contribution < 1.29 is 14.3 Å². The largest absolute Gasteiger partial charge is 0.494 e. The summed E-state index contributed by atoms with van der Waals surface area (Å²) in [6, 6.07) is 8.03. The molecule has 0 saturated carbocycles. The molecule has 2 fully saturated rings. The minimum absolute atomic E-state index is 0.116. The van der Waals surface area contributed by atoms with Crippen molar-refractivity contribution in [3.05, 3.63) is 29.8 Å². The molecule has 0 bridgehead atoms. The Kier molecular flexibility index (Phi) is 5.64. The molecule has 1 aromatic rings. The van der Waals surface area contributed by atoms with Crippen LogP contribution in [0.2, 0.25) is 0 Å². The highest BCUT2D eigenvalue weighted by Gasteiger charge is 2.46. The van der Waals surface area contributed by atoms with Crippen molar-refractivity contribution in [2.45, 2.75) is 44.2 Å². The monoisotopic (exact) mass is 346 g/mol. The van der Waals surface area contributed by atoms with Gasteiger partial charge in [0.25, 0.3) is 5.91 Å². The molecule has 1 aromatic carbocycles. The number of methoxy groups -OCH3 is 1. The lowest BCUT2D eigenvalue weighted by atomic mass is 9.85. The first-order chi connectivity index (χ1) is 12.1. The second-order valence-electron chi connectivity index (χ2n) is 7.24. The summed E-state index contributed by atoms with van der Waals surface area (Å²) in [6.45, 7) is 5.00. The third-order valence-corrected chi connectivity index (χ3v) is 5.97. The van der Waals surface area contributed by atoms with Crippen molar-refractivity contribution in [2.24, 2.45) is 0 Å². The fourth-order valence-electron chi connectivity index (χ4n) is 4.38. The first-order valence-electron chi connectivity index (χ1n) is 9.33. The lowest BCUT2D eigenvalue weighted by Gasteiger charge is -2.45. The number of likely N-dealkylation sites (tertiary alicyclic amines) is 2. The predicted octanol–water partition coefficient (Wildman–Crippen LogP) is 2.80. The summed E-state index contributed by atoms with van der Waals surface area (Å²) in [5.41, 5.74) is 0.964. The van der Waals surface area contributed by atoms with Crippen molar-refractivity contribution in [3.63, 3.8) is 0 Å². The number of hydrogen-bond donors (Lipinski definition) is 0. The molecule has 0 N–H and O–H groups in total. The van der Waals surface area contributed by atoms with Gasteiger partial charge in [-0.3, -0.25) is 9.69 Å². The number of carbonyl (C=O) groups is 1. The van der Waals surface area contributed by atoms with Crippen molar-refractivity contribution in [1.82, 2.24) is 9.80 Å². The zero-order valence-electron chi connectivity index (χ0n) is 15.7. The number of nitrogens with zero attached hydrogens (tertiary/aromatic N) is 2. The van der Waals surface area contributed by atoms with Gasteiger partial charge in [-0.25, -0.2) is 0 Å². The van der Waals surface area contributed by atoms with Crippen LogP contribution >= 0.6 is 0 Å². The van der Waals surface area contributed by atoms with Gasteiger partial charge in [-0.1, -0.05) is 6.07 Å². The number of carbonyl (C=O) groups excluding carboxylic acids is 1. The van der Waals surface area contributed by atoms with Crippen molar-refractivity contribution in [2.75, 3.05) is 40.5 Å². The third kappa shape index (κ3) is 3.67. The van der Waals surface area contributed by atoms with Crippen molar-refractivity contribution in [1.29, 1.82) is 0 Å². The minimum Gasteiger partial charge on any atom is -0.494 e. The average Bonchev–Trinajstić information content (AvgIpc) is 2.92. The van der Waals surface area contributed by atoms with E-state index >= 15 is 0 Å². The quantitative estimate of drug-likeness (QED) is 0.822. The number of amides is 1. The van der Waals surface area contributed by atoms with Gasteiger partial charge in [0.05, 0.1) is 13.2 Å². The smallest absolute Gasteiger partial charge is 0.253 e. The van der Waals surface area contributed by atoms with E-state index in [0.717, 1.165) is 43.9 Å². The van der Waals surface area contributed by atoms with E-state index in [2.05, 4.69) is 11.9 Å². The highest BCUT2D eigenvalue weighted by molar-refractivity contribution is 5.94. The number of rotatable bonds is 5. The highest BCUT2D eigenvalue weighted by atomic mass is 16.5. The molecule has 1 unspecified atom stereocenters. The molecule has 2 aliphatic heterocycles. The molecule has 3 rings (SSSR count). The van der Waals surface area contributed by atoms with Gasteiger partial charge in [0.15, 0.2) is 0 Å². The van der Waals surface area contributed by atoms with Crippen LogP contribution in [-0.4, -0.2) is 67.7 Å². The molecule has 5 heteroatoms. The molecule has 0 aliphatic carbocycles. The van der Waals surface area contributed by atoms with Crippen LogP contribution < -0.4 is 4.74 Å². The van der Waals surface area contributed by atoms with Gasteiger partial charge >= 0.3 is 0 Å². The first-order valence-corrected chi connectivity index (χ1v) is 9.33. The van der Waals surface area contributed by atoms with E-state index in [4.69, 9.17) is 9.47 Å². The van der Waals surface area contributed by atoms with Gasteiger partial charge in [-0.05, 0) is 57.9 Å². The van der Waals surface area contributed by atoms with Crippen molar-refractivity contribution in [3.8, 4) is 5.75 Å². The molecule has 2 saturated heterocycles. The van der Waals surface area contributed by atoms with E-state index < -0.39 is 0 Å². The number of piperidine rings is 1. The molecule has 1 spiro atoms. The summed E-state index contributed by atoms with van der Waals surface area (Å²) in [6.07, 6.45) is 4.48. The molecular formula is C20H30N2O3. The maximum absolute atomic E-state index is 12.8. The van der Waals surface area contributed by atoms with Gasteiger partial charge in [0, 0.05) is 37.3 Å². The number of benzene rings is 1. The molecule has 0 aromatic heterocycles. The van der Waals surface area contributed by atoms with Gasteiger partial charge in [0.2, 0.25) is 0 Å². The predicted molar refractivity (Wildman–Crippen MR) is 98.1 cm³/mol. The van der Waals surface area contributed by atoms with Crippen LogP contribution in [0.5, 0.6) is 5.75 Å². The van der Waals surface area contributed by atoms with E-state index in [-0.39, 0.29) is 11.4 Å². The molecular weight excluding hydrogens is 316 g/mol. The van der Waals surface area contributed by atoms with E-state index in [0.29, 0.717) is 12.6 Å². The summed E-state index contributed by atoms with van der Waals surface area (Å²) in [5, 5.41) is 0. The second-order valence-corrected chi connectivity index (χ2v) is 7.24. The number of hydrogen-bond acceptors (Lipinski definition) is 4. The zero-order valence-corrected chi connectivity index (χ0v) is 15.7. The van der Waals surface area contributed by atoms with Crippen LogP contribution in [-0.2, 0) is 4.74 Å². The molecule has 2 heterocycles. The fraction of sp³-hybridized carbons (Fsp3) is 0.650. The third-order valence-electron chi connectivity index (χ3n) is 5.97. The summed E-state index contributed by atoms with van der Waals surface area (Å²) in [4.78, 5) is 17.3. The Morgan fingerprint density at radius 3 is 2.72 bits per heavy atom. The first kappa shape index (κ1) is 18.2. The van der Waals surface area contributed by atoms with Gasteiger partial charge in [0.1, 0.15) is 5.75 Å². The number of likely N-dealkylation sites (N-methyl/N-ethyl adjacent to an activating group) is 1. The molecule has 1 atom stereocenters. The van der Waals surface area contributed by atoms with Crippen LogP contribution in [0.3, 0.4) is 0 Å². The Hall–Kier alpha value is -1.59. The summed E-state index contributed by atoms with van der Waals surface area (Å²) in [7, 11) is 4.00. The Labute approximate surface area is 150 Å². The molecule has 25 heavy (non-hydrogen) atoms. The summed E-state index contributed by atoms with van der Waals surface area (Å²) < 4.78 is 10.9. The van der Waals surface area contributed by atoms with Crippen LogP contribution in [0, 0.1) is 0 Å². The minimum atomic E-state index is 0.116. The number of ether oxygens (including phenoxy) is 2. The van der Waals surface area contributed by atoms with Gasteiger partial charge in [-0.15, -0.1) is 0 Å². The fourth-order valence-corrected chi connectivity index (χ4v) is 4.38. The molecule has 5 nitrogen and oxygen atoms in total. The Balaban J connectivity index is 1.62. The van der Waals surface area contributed by atoms with E-state index in [1.165, 1.54) is 12.8 Å². The van der Waals surface area contributed by atoms with E-state index in [1.54, 1.807) is 7.11 Å². The van der Waals surface area contributed by atoms with Gasteiger partial charge in [-0.2, -0.15) is 0 Å². The summed E-state index contributed by atoms with van der Waals surface area (Å²) >= 11 is 0.